The Bertz CT molecular complexity index is 1220. The molecule has 1 amide bonds. The van der Waals surface area contributed by atoms with Crippen LogP contribution in [0.1, 0.15) is 31.7 Å². The van der Waals surface area contributed by atoms with Crippen molar-refractivity contribution in [1.29, 1.82) is 0 Å². The van der Waals surface area contributed by atoms with E-state index in [9.17, 15) is 9.59 Å². The van der Waals surface area contributed by atoms with Gasteiger partial charge >= 0.3 is 0 Å². The third-order valence-corrected chi connectivity index (χ3v) is 6.48. The number of carbonyl (C=O) groups excluding carboxylic acids is 1. The molecule has 0 saturated carbocycles. The molecule has 1 aliphatic heterocycles. The first kappa shape index (κ1) is 22.2. The van der Waals surface area contributed by atoms with Crippen molar-refractivity contribution < 1.29 is 4.79 Å². The molecule has 4 heterocycles. The fraction of sp³-hybridized carbons (Fsp3) is 0.318. The van der Waals surface area contributed by atoms with E-state index in [1.807, 2.05) is 16.8 Å². The molecule has 4 rings (SSSR count). The zero-order valence-corrected chi connectivity index (χ0v) is 19.4. The summed E-state index contributed by atoms with van der Waals surface area (Å²) in [6.07, 6.45) is 11.4. The fourth-order valence-corrected chi connectivity index (χ4v) is 4.69. The number of aromatic nitrogens is 4. The quantitative estimate of drug-likeness (QED) is 0.293. The number of fused-ring (bicyclic) bond motifs is 1. The molecule has 32 heavy (non-hydrogen) atoms. The van der Waals surface area contributed by atoms with E-state index in [1.165, 1.54) is 16.2 Å². The molecule has 1 saturated heterocycles. The fourth-order valence-electron chi connectivity index (χ4n) is 3.40. The molecule has 3 aromatic heterocycles. The number of pyridine rings is 1. The average Bonchev–Trinajstić information content (AvgIpc) is 3.40. The van der Waals surface area contributed by atoms with Gasteiger partial charge in [-0.1, -0.05) is 43.4 Å². The Morgan fingerprint density at radius 2 is 2.06 bits per heavy atom. The average molecular weight is 469 g/mol. The van der Waals surface area contributed by atoms with E-state index in [2.05, 4.69) is 22.2 Å². The number of hydrogen-bond donors (Lipinski definition) is 1. The molecule has 0 bridgehead atoms. The van der Waals surface area contributed by atoms with Crippen molar-refractivity contribution in [2.45, 2.75) is 32.7 Å². The number of unbranched alkanes of at least 4 members (excludes halogenated alkanes) is 1. The van der Waals surface area contributed by atoms with Gasteiger partial charge in [-0.05, 0) is 31.1 Å². The first-order valence-corrected chi connectivity index (χ1v) is 11.8. The molecule has 10 heteroatoms. The lowest BCUT2D eigenvalue weighted by molar-refractivity contribution is -0.122. The maximum absolute atomic E-state index is 13.3. The first-order chi connectivity index (χ1) is 15.6. The van der Waals surface area contributed by atoms with Crippen LogP contribution in [0.4, 0.5) is 5.82 Å². The zero-order chi connectivity index (χ0) is 22.5. The van der Waals surface area contributed by atoms with Crippen molar-refractivity contribution in [1.82, 2.24) is 23.8 Å². The number of aryl methyl sites for hydroxylation is 1. The van der Waals surface area contributed by atoms with Crippen LogP contribution >= 0.6 is 24.0 Å². The minimum atomic E-state index is -0.230. The number of thiocarbonyl (C=S) groups is 1. The van der Waals surface area contributed by atoms with Gasteiger partial charge in [-0.15, -0.1) is 0 Å². The number of hydrogen-bond acceptors (Lipinski definition) is 7. The Labute approximate surface area is 195 Å². The first-order valence-electron chi connectivity index (χ1n) is 10.5. The summed E-state index contributed by atoms with van der Waals surface area (Å²) in [6.45, 7) is 4.07. The monoisotopic (exact) mass is 468 g/mol. The van der Waals surface area contributed by atoms with Gasteiger partial charge in [0.25, 0.3) is 11.5 Å². The number of amides is 1. The Kier molecular flexibility index (Phi) is 7.01. The molecule has 0 radical (unpaired) electrons. The smallest absolute Gasteiger partial charge is 0.267 e. The lowest BCUT2D eigenvalue weighted by atomic mass is 10.2. The van der Waals surface area contributed by atoms with E-state index in [0.29, 0.717) is 39.3 Å². The third-order valence-electron chi connectivity index (χ3n) is 5.10. The Balaban J connectivity index is 1.63. The van der Waals surface area contributed by atoms with Gasteiger partial charge in [0.1, 0.15) is 15.8 Å². The summed E-state index contributed by atoms with van der Waals surface area (Å²) in [5, 5.41) is 3.28. The van der Waals surface area contributed by atoms with Crippen molar-refractivity contribution in [3.63, 3.8) is 0 Å². The van der Waals surface area contributed by atoms with Gasteiger partial charge in [0.2, 0.25) is 0 Å². The highest BCUT2D eigenvalue weighted by atomic mass is 32.2. The van der Waals surface area contributed by atoms with Crippen molar-refractivity contribution in [3.05, 3.63) is 63.9 Å². The highest BCUT2D eigenvalue weighted by molar-refractivity contribution is 8.26. The molecular weight excluding hydrogens is 444 g/mol. The van der Waals surface area contributed by atoms with Crippen LogP contribution in [0.15, 0.2) is 52.8 Å². The topological polar surface area (TPSA) is 84.5 Å². The predicted molar refractivity (Wildman–Crippen MR) is 132 cm³/mol. The largest absolute Gasteiger partial charge is 0.369 e. The van der Waals surface area contributed by atoms with Crippen LogP contribution in [0.3, 0.4) is 0 Å². The van der Waals surface area contributed by atoms with Gasteiger partial charge < -0.3 is 9.88 Å². The summed E-state index contributed by atoms with van der Waals surface area (Å²) in [5.74, 6) is 0.308. The van der Waals surface area contributed by atoms with Crippen molar-refractivity contribution in [3.8, 4) is 0 Å². The van der Waals surface area contributed by atoms with E-state index in [0.717, 1.165) is 25.8 Å². The van der Waals surface area contributed by atoms with Crippen LogP contribution < -0.4 is 10.9 Å². The zero-order valence-electron chi connectivity index (χ0n) is 17.7. The van der Waals surface area contributed by atoms with Gasteiger partial charge in [-0.2, -0.15) is 0 Å². The van der Waals surface area contributed by atoms with Crippen molar-refractivity contribution >= 4 is 51.7 Å². The number of thioether (sulfide) groups is 1. The molecule has 0 aromatic carbocycles. The minimum Gasteiger partial charge on any atom is -0.369 e. The molecule has 1 aliphatic rings. The summed E-state index contributed by atoms with van der Waals surface area (Å²) in [4.78, 5) is 36.9. The van der Waals surface area contributed by atoms with Crippen LogP contribution in [0.2, 0.25) is 0 Å². The number of imidazole rings is 1. The number of nitrogens with one attached hydrogen (secondary N) is 1. The van der Waals surface area contributed by atoms with Crippen LogP contribution in [0.25, 0.3) is 11.7 Å². The number of anilines is 1. The van der Waals surface area contributed by atoms with E-state index >= 15 is 0 Å². The Hall–Kier alpha value is -2.98. The van der Waals surface area contributed by atoms with Crippen molar-refractivity contribution in [2.24, 2.45) is 0 Å². The minimum absolute atomic E-state index is 0.155. The third kappa shape index (κ3) is 4.76. The lowest BCUT2D eigenvalue weighted by Gasteiger charge is -2.13. The summed E-state index contributed by atoms with van der Waals surface area (Å²) in [6, 6.07) is 5.40. The van der Waals surface area contributed by atoms with Crippen LogP contribution in [-0.4, -0.2) is 47.2 Å². The summed E-state index contributed by atoms with van der Waals surface area (Å²) in [5.41, 5.74) is 0.668. The van der Waals surface area contributed by atoms with E-state index in [4.69, 9.17) is 12.2 Å². The maximum Gasteiger partial charge on any atom is 0.267 e. The highest BCUT2D eigenvalue weighted by Gasteiger charge is 2.32. The van der Waals surface area contributed by atoms with Crippen LogP contribution in [0.5, 0.6) is 0 Å². The number of rotatable bonds is 9. The molecule has 1 fully saturated rings. The molecule has 166 valence electrons. The Morgan fingerprint density at radius 1 is 1.19 bits per heavy atom. The number of nitrogens with zero attached hydrogens (tertiary/aromatic N) is 5. The van der Waals surface area contributed by atoms with Crippen LogP contribution in [0, 0.1) is 0 Å². The molecule has 0 aliphatic carbocycles. The van der Waals surface area contributed by atoms with Gasteiger partial charge in [0, 0.05) is 38.2 Å². The SMILES string of the molecule is CCCCN1C(=O)/C(=C\c2c(NCCCn3ccnc3)nc3ccccn3c2=O)SC1=S. The molecule has 0 atom stereocenters. The Morgan fingerprint density at radius 3 is 2.84 bits per heavy atom. The predicted octanol–water partition coefficient (Wildman–Crippen LogP) is 3.39. The highest BCUT2D eigenvalue weighted by Crippen LogP contribution is 2.33. The summed E-state index contributed by atoms with van der Waals surface area (Å²) in [7, 11) is 0. The van der Waals surface area contributed by atoms with Gasteiger partial charge in [-0.3, -0.25) is 18.9 Å². The standard InChI is InChI=1S/C22H24N6O2S2/c1-2-3-11-28-21(30)17(32-22(28)31)14-16-19(24-8-6-10-26-13-9-23-15-26)25-18-7-4-5-12-27(18)20(16)29/h4-5,7,9,12-15,24H,2-3,6,8,10-11H2,1H3/b17-14+. The second kappa shape index (κ2) is 10.1. The van der Waals surface area contributed by atoms with Gasteiger partial charge in [0.05, 0.1) is 16.8 Å². The lowest BCUT2D eigenvalue weighted by Crippen LogP contribution is -2.29. The van der Waals surface area contributed by atoms with E-state index in [-0.39, 0.29) is 11.5 Å². The van der Waals surface area contributed by atoms with E-state index < -0.39 is 0 Å². The molecular formula is C22H24N6O2S2. The molecule has 0 unspecified atom stereocenters. The van der Waals surface area contributed by atoms with Crippen molar-refractivity contribution in [2.75, 3.05) is 18.4 Å². The van der Waals surface area contributed by atoms with E-state index in [1.54, 1.807) is 41.8 Å². The normalized spacial score (nSPS) is 15.3. The van der Waals surface area contributed by atoms with Gasteiger partial charge in [0.15, 0.2) is 0 Å². The summed E-state index contributed by atoms with van der Waals surface area (Å²) >= 11 is 6.63. The molecule has 8 nitrogen and oxygen atoms in total. The molecule has 3 aromatic rings. The second-order valence-corrected chi connectivity index (χ2v) is 9.05. The molecule has 0 spiro atoms. The second-order valence-electron chi connectivity index (χ2n) is 7.38. The maximum atomic E-state index is 13.3. The van der Waals surface area contributed by atoms with Gasteiger partial charge in [-0.25, -0.2) is 9.97 Å². The summed E-state index contributed by atoms with van der Waals surface area (Å²) < 4.78 is 4.01. The van der Waals surface area contributed by atoms with Crippen LogP contribution in [-0.2, 0) is 11.3 Å². The number of carbonyl (C=O) groups is 1. The molecule has 1 N–H and O–H groups in total.